The quantitative estimate of drug-likeness (QED) is 0.671. The van der Waals surface area contributed by atoms with Crippen molar-refractivity contribution < 1.29 is 14.7 Å². The molecule has 0 saturated heterocycles. The molecule has 0 fully saturated rings. The second-order valence-corrected chi connectivity index (χ2v) is 10.6. The molecule has 0 aromatic heterocycles. The third-order valence-corrected chi connectivity index (χ3v) is 5.70. The van der Waals surface area contributed by atoms with E-state index in [1.807, 2.05) is 24.3 Å². The van der Waals surface area contributed by atoms with Gasteiger partial charge in [0.1, 0.15) is 5.75 Å². The van der Waals surface area contributed by atoms with Crippen LogP contribution in [0, 0.1) is 0 Å². The Morgan fingerprint density at radius 2 is 1.41 bits per heavy atom. The molecular formula is C27H38N2O3. The van der Waals surface area contributed by atoms with E-state index in [1.165, 1.54) is 0 Å². The molecule has 2 N–H and O–H groups in total. The summed E-state index contributed by atoms with van der Waals surface area (Å²) in [6.07, 6.45) is 1.01. The van der Waals surface area contributed by atoms with Crippen molar-refractivity contribution in [2.45, 2.75) is 71.8 Å². The molecule has 2 aromatic rings. The number of phenolic OH excluding ortho intramolecular Hbond substituents is 1. The van der Waals surface area contributed by atoms with Gasteiger partial charge in [0, 0.05) is 32.6 Å². The predicted molar refractivity (Wildman–Crippen MR) is 130 cm³/mol. The summed E-state index contributed by atoms with van der Waals surface area (Å²) < 4.78 is 0. The fourth-order valence-electron chi connectivity index (χ4n) is 3.69. The molecule has 0 aliphatic heterocycles. The summed E-state index contributed by atoms with van der Waals surface area (Å²) in [5.41, 5.74) is 4.08. The van der Waals surface area contributed by atoms with Gasteiger partial charge in [-0.25, -0.2) is 0 Å². The minimum atomic E-state index is -0.193. The van der Waals surface area contributed by atoms with E-state index < -0.39 is 0 Å². The summed E-state index contributed by atoms with van der Waals surface area (Å²) in [5.74, 6) is 0.291. The molecule has 5 nitrogen and oxygen atoms in total. The number of phenols is 1. The van der Waals surface area contributed by atoms with E-state index >= 15 is 0 Å². The zero-order valence-electron chi connectivity index (χ0n) is 20.8. The van der Waals surface area contributed by atoms with Crippen molar-refractivity contribution in [2.75, 3.05) is 14.1 Å². The summed E-state index contributed by atoms with van der Waals surface area (Å²) >= 11 is 0. The first-order valence-electron chi connectivity index (χ1n) is 11.2. The van der Waals surface area contributed by atoms with Crippen LogP contribution in [0.2, 0.25) is 0 Å². The van der Waals surface area contributed by atoms with Gasteiger partial charge in [0.25, 0.3) is 5.91 Å². The number of aromatic hydroxyl groups is 1. The number of benzene rings is 2. The van der Waals surface area contributed by atoms with Crippen LogP contribution in [-0.4, -0.2) is 35.9 Å². The average Bonchev–Trinajstić information content (AvgIpc) is 2.70. The molecule has 0 aliphatic carbocycles. The first-order chi connectivity index (χ1) is 14.7. The van der Waals surface area contributed by atoms with Crippen LogP contribution in [0.1, 0.15) is 80.6 Å². The molecule has 0 heterocycles. The summed E-state index contributed by atoms with van der Waals surface area (Å²) in [6.45, 7) is 13.0. The number of nitrogens with one attached hydrogen (secondary N) is 1. The van der Waals surface area contributed by atoms with Gasteiger partial charge in [-0.3, -0.25) is 9.59 Å². The third kappa shape index (κ3) is 6.35. The normalized spacial score (nSPS) is 11.9. The number of carbonyl (C=O) groups excluding carboxylic acids is 2. The highest BCUT2D eigenvalue weighted by atomic mass is 16.3. The Kier molecular flexibility index (Phi) is 7.76. The smallest absolute Gasteiger partial charge is 0.251 e. The maximum absolute atomic E-state index is 12.8. The molecule has 0 spiro atoms. The Hall–Kier alpha value is -2.82. The van der Waals surface area contributed by atoms with E-state index in [9.17, 15) is 14.7 Å². The Morgan fingerprint density at radius 1 is 0.906 bits per heavy atom. The summed E-state index contributed by atoms with van der Waals surface area (Å²) in [4.78, 5) is 26.2. The molecule has 0 radical (unpaired) electrons. The first kappa shape index (κ1) is 25.4. The fourth-order valence-corrected chi connectivity index (χ4v) is 3.69. The van der Waals surface area contributed by atoms with Gasteiger partial charge in [-0.05, 0) is 51.6 Å². The van der Waals surface area contributed by atoms with E-state index in [-0.39, 0.29) is 22.6 Å². The lowest BCUT2D eigenvalue weighted by Crippen LogP contribution is -2.26. The van der Waals surface area contributed by atoms with Crippen LogP contribution in [0.3, 0.4) is 0 Å². The summed E-state index contributed by atoms with van der Waals surface area (Å²) in [5, 5.41) is 13.5. The molecule has 32 heavy (non-hydrogen) atoms. The maximum Gasteiger partial charge on any atom is 0.251 e. The Morgan fingerprint density at radius 3 is 1.84 bits per heavy atom. The molecule has 0 unspecified atom stereocenters. The van der Waals surface area contributed by atoms with Crippen LogP contribution in [-0.2, 0) is 28.6 Å². The second-order valence-electron chi connectivity index (χ2n) is 10.6. The first-order valence-corrected chi connectivity index (χ1v) is 11.2. The number of hydrogen-bond donors (Lipinski definition) is 2. The number of aryl methyl sites for hydroxylation is 1. The largest absolute Gasteiger partial charge is 0.507 e. The zero-order valence-corrected chi connectivity index (χ0v) is 20.8. The number of hydrogen-bond acceptors (Lipinski definition) is 3. The van der Waals surface area contributed by atoms with Crippen molar-refractivity contribution >= 4 is 11.8 Å². The molecule has 2 aromatic carbocycles. The number of carbonyl (C=O) groups is 2. The van der Waals surface area contributed by atoms with Gasteiger partial charge in [0.2, 0.25) is 5.91 Å². The number of nitrogens with zero attached hydrogens (tertiary/aromatic N) is 1. The predicted octanol–water partition coefficient (Wildman–Crippen LogP) is 4.94. The maximum atomic E-state index is 12.8. The van der Waals surface area contributed by atoms with Crippen LogP contribution >= 0.6 is 0 Å². The third-order valence-electron chi connectivity index (χ3n) is 5.70. The lowest BCUT2D eigenvalue weighted by molar-refractivity contribution is -0.130. The molecule has 0 saturated carbocycles. The van der Waals surface area contributed by atoms with Gasteiger partial charge < -0.3 is 15.3 Å². The fraction of sp³-hybridized carbons (Fsp3) is 0.481. The van der Waals surface area contributed by atoms with Gasteiger partial charge in [-0.2, -0.15) is 0 Å². The summed E-state index contributed by atoms with van der Waals surface area (Å²) in [7, 11) is 3.40. The Balaban J connectivity index is 2.12. The second kappa shape index (κ2) is 9.76. The van der Waals surface area contributed by atoms with Gasteiger partial charge in [-0.1, -0.05) is 65.8 Å². The zero-order chi connectivity index (χ0) is 24.3. The van der Waals surface area contributed by atoms with E-state index in [2.05, 4.69) is 46.9 Å². The molecule has 0 bridgehead atoms. The van der Waals surface area contributed by atoms with Crippen molar-refractivity contribution in [3.8, 4) is 5.75 Å². The van der Waals surface area contributed by atoms with Crippen LogP contribution in [0.5, 0.6) is 5.75 Å². The number of amides is 2. The molecule has 2 rings (SSSR count). The van der Waals surface area contributed by atoms with E-state index in [0.717, 1.165) is 22.3 Å². The molecule has 5 heteroatoms. The minimum Gasteiger partial charge on any atom is -0.507 e. The van der Waals surface area contributed by atoms with Crippen molar-refractivity contribution in [1.29, 1.82) is 0 Å². The lowest BCUT2D eigenvalue weighted by atomic mass is 9.78. The van der Waals surface area contributed by atoms with E-state index in [1.54, 1.807) is 31.1 Å². The standard InChI is InChI=1S/C27H38N2O3/c1-26(2,3)21-15-19(16-22(24(21)31)27(4,5)6)11-14-23(30)29(8)17-18-9-12-20(13-10-18)25(32)28-7/h9-10,12-13,15-16,31H,11,14,17H2,1-8H3,(H,28,32). The monoisotopic (exact) mass is 438 g/mol. The molecule has 0 aliphatic rings. The van der Waals surface area contributed by atoms with Crippen LogP contribution in [0.15, 0.2) is 36.4 Å². The van der Waals surface area contributed by atoms with Crippen molar-refractivity contribution in [2.24, 2.45) is 0 Å². The Bertz CT molecular complexity index is 929. The average molecular weight is 439 g/mol. The number of rotatable bonds is 6. The lowest BCUT2D eigenvalue weighted by Gasteiger charge is -2.28. The van der Waals surface area contributed by atoms with Gasteiger partial charge in [0.05, 0.1) is 0 Å². The molecule has 0 atom stereocenters. The van der Waals surface area contributed by atoms with Crippen molar-refractivity contribution in [1.82, 2.24) is 10.2 Å². The van der Waals surface area contributed by atoms with E-state index in [4.69, 9.17) is 0 Å². The Labute approximate surface area is 192 Å². The SMILES string of the molecule is CNC(=O)c1ccc(CN(C)C(=O)CCc2cc(C(C)(C)C)c(O)c(C(C)(C)C)c2)cc1. The van der Waals surface area contributed by atoms with Gasteiger partial charge in [0.15, 0.2) is 0 Å². The van der Waals surface area contributed by atoms with E-state index in [0.29, 0.717) is 30.7 Å². The topological polar surface area (TPSA) is 69.6 Å². The van der Waals surface area contributed by atoms with Crippen molar-refractivity contribution in [3.05, 3.63) is 64.2 Å². The minimum absolute atomic E-state index is 0.0584. The molecule has 174 valence electrons. The highest BCUT2D eigenvalue weighted by Gasteiger charge is 2.26. The van der Waals surface area contributed by atoms with Gasteiger partial charge >= 0.3 is 0 Å². The van der Waals surface area contributed by atoms with Crippen LogP contribution in [0.4, 0.5) is 0 Å². The van der Waals surface area contributed by atoms with Crippen LogP contribution in [0.25, 0.3) is 0 Å². The molecular weight excluding hydrogens is 400 g/mol. The molecule has 2 amide bonds. The summed E-state index contributed by atoms with van der Waals surface area (Å²) in [6, 6.07) is 11.4. The van der Waals surface area contributed by atoms with Crippen molar-refractivity contribution in [3.63, 3.8) is 0 Å². The highest BCUT2D eigenvalue weighted by molar-refractivity contribution is 5.93. The van der Waals surface area contributed by atoms with Crippen LogP contribution < -0.4 is 5.32 Å². The highest BCUT2D eigenvalue weighted by Crippen LogP contribution is 2.40. The van der Waals surface area contributed by atoms with Gasteiger partial charge in [-0.15, -0.1) is 0 Å².